The standard InChI is InChI=1S/C16H23N3/c1-2-17-9-14-13(1)15(19-18-14)16-6-10-3-11(7-16)5-12(4-10)8-16/h10-12,17H,1-9H2,(H,18,19). The van der Waals surface area contributed by atoms with E-state index in [1.54, 1.807) is 5.56 Å². The van der Waals surface area contributed by atoms with Gasteiger partial charge in [-0.2, -0.15) is 5.10 Å². The lowest BCUT2D eigenvalue weighted by Crippen LogP contribution is -2.49. The van der Waals surface area contributed by atoms with Crippen molar-refractivity contribution in [3.05, 3.63) is 17.0 Å². The van der Waals surface area contributed by atoms with Gasteiger partial charge in [-0.05, 0) is 74.8 Å². The summed E-state index contributed by atoms with van der Waals surface area (Å²) < 4.78 is 0. The number of H-pyrrole nitrogens is 1. The van der Waals surface area contributed by atoms with E-state index in [-0.39, 0.29) is 0 Å². The number of rotatable bonds is 1. The topological polar surface area (TPSA) is 40.7 Å². The maximum absolute atomic E-state index is 4.82. The van der Waals surface area contributed by atoms with E-state index in [1.165, 1.54) is 56.3 Å². The van der Waals surface area contributed by atoms with Crippen LogP contribution in [0.15, 0.2) is 0 Å². The van der Waals surface area contributed by atoms with Crippen molar-refractivity contribution in [2.24, 2.45) is 17.8 Å². The molecule has 0 amide bonds. The Morgan fingerprint density at radius 1 is 1.00 bits per heavy atom. The second-order valence-corrected chi connectivity index (χ2v) is 7.65. The van der Waals surface area contributed by atoms with E-state index in [2.05, 4.69) is 10.4 Å². The summed E-state index contributed by atoms with van der Waals surface area (Å²) in [6.45, 7) is 2.13. The van der Waals surface area contributed by atoms with E-state index in [0.717, 1.165) is 30.8 Å². The third kappa shape index (κ3) is 1.45. The van der Waals surface area contributed by atoms with Crippen molar-refractivity contribution in [2.75, 3.05) is 6.54 Å². The van der Waals surface area contributed by atoms with E-state index in [0.29, 0.717) is 5.41 Å². The van der Waals surface area contributed by atoms with E-state index >= 15 is 0 Å². The van der Waals surface area contributed by atoms with E-state index in [9.17, 15) is 0 Å². The van der Waals surface area contributed by atoms with Gasteiger partial charge in [-0.25, -0.2) is 0 Å². The van der Waals surface area contributed by atoms with Crippen LogP contribution in [-0.4, -0.2) is 16.7 Å². The van der Waals surface area contributed by atoms with Crippen molar-refractivity contribution >= 4 is 0 Å². The predicted octanol–water partition coefficient (Wildman–Crippen LogP) is 2.52. The van der Waals surface area contributed by atoms with Crippen LogP contribution in [0, 0.1) is 17.8 Å². The molecule has 4 bridgehead atoms. The van der Waals surface area contributed by atoms with Gasteiger partial charge in [-0.3, -0.25) is 5.10 Å². The minimum absolute atomic E-state index is 0.468. The minimum Gasteiger partial charge on any atom is -0.311 e. The Kier molecular flexibility index (Phi) is 2.08. The Morgan fingerprint density at radius 2 is 1.68 bits per heavy atom. The highest BCUT2D eigenvalue weighted by Gasteiger charge is 2.53. The third-order valence-corrected chi connectivity index (χ3v) is 6.35. The first-order valence-electron chi connectivity index (χ1n) is 8.10. The van der Waals surface area contributed by atoms with Gasteiger partial charge in [0.2, 0.25) is 0 Å². The predicted molar refractivity (Wildman–Crippen MR) is 73.8 cm³/mol. The summed E-state index contributed by atoms with van der Waals surface area (Å²) >= 11 is 0. The molecule has 0 unspecified atom stereocenters. The van der Waals surface area contributed by atoms with Crippen LogP contribution in [0.2, 0.25) is 0 Å². The number of aromatic nitrogens is 2. The lowest BCUT2D eigenvalue weighted by molar-refractivity contribution is -0.00763. The van der Waals surface area contributed by atoms with Crippen LogP contribution in [0.25, 0.3) is 0 Å². The molecule has 0 aromatic carbocycles. The third-order valence-electron chi connectivity index (χ3n) is 6.35. The van der Waals surface area contributed by atoms with Gasteiger partial charge in [0.15, 0.2) is 0 Å². The second-order valence-electron chi connectivity index (χ2n) is 7.65. The normalized spacial score (nSPS) is 43.5. The Hall–Kier alpha value is -0.830. The van der Waals surface area contributed by atoms with Crippen molar-refractivity contribution in [3.63, 3.8) is 0 Å². The van der Waals surface area contributed by atoms with Gasteiger partial charge in [0.05, 0.1) is 11.4 Å². The molecule has 3 nitrogen and oxygen atoms in total. The Balaban J connectivity index is 1.60. The van der Waals surface area contributed by atoms with Crippen LogP contribution in [0.4, 0.5) is 0 Å². The average molecular weight is 257 g/mol. The molecule has 6 rings (SSSR count). The maximum atomic E-state index is 4.82. The Morgan fingerprint density at radius 3 is 2.37 bits per heavy atom. The van der Waals surface area contributed by atoms with E-state index in [1.807, 2.05) is 0 Å². The van der Waals surface area contributed by atoms with E-state index in [4.69, 9.17) is 5.10 Å². The first-order valence-corrected chi connectivity index (χ1v) is 8.10. The van der Waals surface area contributed by atoms with Gasteiger partial charge in [-0.15, -0.1) is 0 Å². The zero-order valence-corrected chi connectivity index (χ0v) is 11.5. The van der Waals surface area contributed by atoms with E-state index < -0.39 is 0 Å². The molecule has 0 radical (unpaired) electrons. The van der Waals surface area contributed by atoms with Gasteiger partial charge in [0.1, 0.15) is 0 Å². The smallest absolute Gasteiger partial charge is 0.0719 e. The lowest BCUT2D eigenvalue weighted by atomic mass is 9.48. The molecule has 0 spiro atoms. The van der Waals surface area contributed by atoms with Gasteiger partial charge in [-0.1, -0.05) is 0 Å². The highest BCUT2D eigenvalue weighted by atomic mass is 15.1. The number of hydrogen-bond donors (Lipinski definition) is 2. The van der Waals surface area contributed by atoms with Crippen LogP contribution in [-0.2, 0) is 18.4 Å². The molecule has 2 N–H and O–H groups in total. The van der Waals surface area contributed by atoms with Crippen molar-refractivity contribution < 1.29 is 0 Å². The first kappa shape index (κ1) is 10.9. The molecule has 1 aliphatic heterocycles. The summed E-state index contributed by atoms with van der Waals surface area (Å²) in [5.41, 5.74) is 4.91. The Labute approximate surface area is 114 Å². The van der Waals surface area contributed by atoms with Gasteiger partial charge in [0, 0.05) is 12.0 Å². The fourth-order valence-corrected chi connectivity index (χ4v) is 6.08. The molecule has 4 saturated carbocycles. The molecule has 0 atom stereocenters. The second kappa shape index (κ2) is 3.63. The van der Waals surface area contributed by atoms with Gasteiger partial charge < -0.3 is 5.32 Å². The zero-order valence-electron chi connectivity index (χ0n) is 11.5. The number of hydrogen-bond acceptors (Lipinski definition) is 2. The Bertz CT molecular complexity index is 481. The summed E-state index contributed by atoms with van der Waals surface area (Å²) in [5, 5.41) is 11.6. The number of nitrogens with one attached hydrogen (secondary N) is 2. The molecule has 4 fully saturated rings. The van der Waals surface area contributed by atoms with Crippen LogP contribution in [0.5, 0.6) is 0 Å². The minimum atomic E-state index is 0.468. The maximum Gasteiger partial charge on any atom is 0.0719 e. The van der Waals surface area contributed by atoms with Crippen LogP contribution >= 0.6 is 0 Å². The molecule has 4 aliphatic carbocycles. The van der Waals surface area contributed by atoms with Gasteiger partial charge in [0.25, 0.3) is 0 Å². The lowest BCUT2D eigenvalue weighted by Gasteiger charge is -2.56. The average Bonchev–Trinajstić information content (AvgIpc) is 2.81. The van der Waals surface area contributed by atoms with Crippen molar-refractivity contribution in [3.8, 4) is 0 Å². The summed E-state index contributed by atoms with van der Waals surface area (Å²) in [6.07, 6.45) is 10.0. The van der Waals surface area contributed by atoms with Crippen LogP contribution in [0.3, 0.4) is 0 Å². The van der Waals surface area contributed by atoms with Crippen LogP contribution in [0.1, 0.15) is 55.5 Å². The highest BCUT2D eigenvalue weighted by molar-refractivity contribution is 5.35. The first-order chi connectivity index (χ1) is 9.32. The molecule has 1 aromatic heterocycles. The fraction of sp³-hybridized carbons (Fsp3) is 0.812. The molecular formula is C16H23N3. The molecular weight excluding hydrogens is 234 g/mol. The molecule has 2 heterocycles. The van der Waals surface area contributed by atoms with Gasteiger partial charge >= 0.3 is 0 Å². The molecule has 102 valence electrons. The zero-order chi connectivity index (χ0) is 12.4. The summed E-state index contributed by atoms with van der Waals surface area (Å²) in [5.74, 6) is 3.04. The molecule has 3 heteroatoms. The van der Waals surface area contributed by atoms with Crippen molar-refractivity contribution in [2.45, 2.75) is 56.9 Å². The summed E-state index contributed by atoms with van der Waals surface area (Å²) in [7, 11) is 0. The van der Waals surface area contributed by atoms with Crippen molar-refractivity contribution in [1.29, 1.82) is 0 Å². The van der Waals surface area contributed by atoms with Crippen molar-refractivity contribution in [1.82, 2.24) is 15.5 Å². The SMILES string of the molecule is C1Cc2c(C34CC5CC(CC(C5)C3)C4)n[nH]c2CN1. The highest BCUT2D eigenvalue weighted by Crippen LogP contribution is 2.60. The number of nitrogens with zero attached hydrogens (tertiary/aromatic N) is 1. The molecule has 0 saturated heterocycles. The van der Waals surface area contributed by atoms with Crippen LogP contribution < -0.4 is 5.32 Å². The monoisotopic (exact) mass is 257 g/mol. The fourth-order valence-electron chi connectivity index (χ4n) is 6.08. The molecule has 19 heavy (non-hydrogen) atoms. The largest absolute Gasteiger partial charge is 0.311 e. The number of aromatic amines is 1. The number of fused-ring (bicyclic) bond motifs is 1. The summed E-state index contributed by atoms with van der Waals surface area (Å²) in [4.78, 5) is 0. The summed E-state index contributed by atoms with van der Waals surface area (Å²) in [6, 6.07) is 0. The molecule has 5 aliphatic rings. The quantitative estimate of drug-likeness (QED) is 0.811. The molecule has 1 aromatic rings.